The van der Waals surface area contributed by atoms with Crippen molar-refractivity contribution in [3.8, 4) is 11.5 Å². The van der Waals surface area contributed by atoms with Crippen LogP contribution in [-0.4, -0.2) is 81.8 Å². The van der Waals surface area contributed by atoms with Crippen molar-refractivity contribution in [3.05, 3.63) is 59.7 Å². The van der Waals surface area contributed by atoms with Gasteiger partial charge in [-0.1, -0.05) is 24.3 Å². The first-order valence-corrected chi connectivity index (χ1v) is 12.1. The fourth-order valence-electron chi connectivity index (χ4n) is 2.79. The second-order valence-electron chi connectivity index (χ2n) is 7.64. The summed E-state index contributed by atoms with van der Waals surface area (Å²) >= 11 is 10.3. The minimum atomic E-state index is -1.76. The molecule has 0 aliphatic rings. The third-order valence-electron chi connectivity index (χ3n) is 4.97. The number of benzene rings is 2. The number of hydrogen-bond acceptors (Lipinski definition) is 12. The number of methoxy groups -OCH3 is 2. The molecule has 2 aromatic rings. The van der Waals surface area contributed by atoms with Crippen LogP contribution in [0.3, 0.4) is 0 Å². The maximum absolute atomic E-state index is 10.4. The second kappa shape index (κ2) is 18.4. The molecule has 6 N–H and O–H groups in total. The Morgan fingerprint density at radius 3 is 1.74 bits per heavy atom. The summed E-state index contributed by atoms with van der Waals surface area (Å²) in [5, 5.41) is 47.2. The zero-order valence-corrected chi connectivity index (χ0v) is 23.6. The van der Waals surface area contributed by atoms with Crippen LogP contribution in [-0.2, 0) is 55.4 Å². The van der Waals surface area contributed by atoms with Crippen LogP contribution in [0, 0.1) is 0 Å². The van der Waals surface area contributed by atoms with Gasteiger partial charge in [0.15, 0.2) is 0 Å². The minimum absolute atomic E-state index is 0. The van der Waals surface area contributed by atoms with Crippen LogP contribution in [0.2, 0.25) is 0 Å². The second-order valence-corrected chi connectivity index (χ2v) is 8.42. The summed E-state index contributed by atoms with van der Waals surface area (Å²) in [6, 6.07) is 14.5. The molecule has 1 radical (unpaired) electrons. The third kappa shape index (κ3) is 12.2. The van der Waals surface area contributed by atoms with Gasteiger partial charge < -0.3 is 55.2 Å². The number of nitrogens with one attached hydrogen (secondary N) is 2. The van der Waals surface area contributed by atoms with Crippen LogP contribution in [0.5, 0.6) is 11.5 Å². The van der Waals surface area contributed by atoms with Gasteiger partial charge in [0, 0.05) is 0 Å². The molecule has 0 amide bonds. The van der Waals surface area contributed by atoms with E-state index in [4.69, 9.17) is 39.8 Å². The van der Waals surface area contributed by atoms with Gasteiger partial charge in [-0.3, -0.25) is 20.8 Å². The van der Waals surface area contributed by atoms with Crippen LogP contribution in [0.4, 0.5) is 0 Å². The zero-order chi connectivity index (χ0) is 27.9. The number of rotatable bonds is 13. The first kappa shape index (κ1) is 34.1. The van der Waals surface area contributed by atoms with E-state index in [2.05, 4.69) is 31.0 Å². The predicted molar refractivity (Wildman–Crippen MR) is 150 cm³/mol. The van der Waals surface area contributed by atoms with Crippen molar-refractivity contribution in [3.63, 3.8) is 0 Å². The van der Waals surface area contributed by atoms with Crippen LogP contribution in [0.15, 0.2) is 68.7 Å². The van der Waals surface area contributed by atoms with Crippen LogP contribution < -0.4 is 20.3 Å². The van der Waals surface area contributed by atoms with Crippen molar-refractivity contribution in [1.82, 2.24) is 10.9 Å². The molecule has 12 nitrogen and oxygen atoms in total. The van der Waals surface area contributed by atoms with Crippen LogP contribution in [0.1, 0.15) is 11.1 Å². The summed E-state index contributed by atoms with van der Waals surface area (Å²) < 4.78 is 10.2. The molecule has 0 fully saturated rings. The Morgan fingerprint density at radius 1 is 0.846 bits per heavy atom. The van der Waals surface area contributed by atoms with Crippen LogP contribution in [0.25, 0.3) is 0 Å². The van der Waals surface area contributed by atoms with E-state index in [0.29, 0.717) is 12.3 Å². The molecule has 2 rings (SSSR count). The van der Waals surface area contributed by atoms with E-state index in [-0.39, 0.29) is 39.7 Å². The number of aliphatic imine (C=N–C) groups is 2. The SMILES string of the molecule is COc1ccc(CN=C([S-])N/N=C(/C=N/NC([S-])=NCc2ccc(OC)cc2)C(O)C(O)C(O)CO)cc1.[Cu+2]. The maximum atomic E-state index is 10.4. The van der Waals surface area contributed by atoms with Crippen molar-refractivity contribution >= 4 is 47.5 Å². The molecule has 2 aromatic carbocycles. The Labute approximate surface area is 248 Å². The molecule has 0 bridgehead atoms. The van der Waals surface area contributed by atoms with Gasteiger partial charge in [0.25, 0.3) is 0 Å². The number of nitrogens with zero attached hydrogens (tertiary/aromatic N) is 4. The summed E-state index contributed by atoms with van der Waals surface area (Å²) in [6.45, 7) is -0.227. The molecular formula is C24H30CuN6O6S2. The Balaban J connectivity index is 0.00000760. The van der Waals surface area contributed by atoms with Crippen molar-refractivity contribution in [1.29, 1.82) is 0 Å². The van der Waals surface area contributed by atoms with Crippen molar-refractivity contribution in [2.24, 2.45) is 20.2 Å². The Hall–Kier alpha value is -2.88. The van der Waals surface area contributed by atoms with Crippen molar-refractivity contribution < 1.29 is 47.0 Å². The Bertz CT molecular complexity index is 1120. The summed E-state index contributed by atoms with van der Waals surface area (Å²) in [6.07, 6.45) is -4.05. The monoisotopic (exact) mass is 625 g/mol. The number of aliphatic hydroxyl groups excluding tert-OH is 4. The van der Waals surface area contributed by atoms with Crippen LogP contribution >= 0.6 is 0 Å². The smallest absolute Gasteiger partial charge is 0.741 e. The molecule has 0 saturated heterocycles. The molecule has 215 valence electrons. The molecule has 0 spiro atoms. The summed E-state index contributed by atoms with van der Waals surface area (Å²) in [5.41, 5.74) is 6.55. The van der Waals surface area contributed by atoms with Gasteiger partial charge in [-0.15, -0.1) is 0 Å². The van der Waals surface area contributed by atoms with Crippen molar-refractivity contribution in [2.75, 3.05) is 20.8 Å². The Morgan fingerprint density at radius 2 is 1.31 bits per heavy atom. The van der Waals surface area contributed by atoms with Gasteiger partial charge in [0.1, 0.15) is 35.5 Å². The minimum Gasteiger partial charge on any atom is -0.741 e. The summed E-state index contributed by atoms with van der Waals surface area (Å²) in [5.74, 6) is 1.43. The molecule has 0 saturated carbocycles. The fourth-order valence-corrected chi connectivity index (χ4v) is 3.02. The molecule has 3 unspecified atom stereocenters. The molecule has 0 aliphatic heterocycles. The quantitative estimate of drug-likeness (QED) is 0.0576. The number of hydrazone groups is 2. The van der Waals surface area contributed by atoms with E-state index in [1.165, 1.54) is 0 Å². The molecule has 0 aliphatic carbocycles. The molecule has 39 heavy (non-hydrogen) atoms. The van der Waals surface area contributed by atoms with Crippen molar-refractivity contribution in [2.45, 2.75) is 31.4 Å². The van der Waals surface area contributed by atoms with Gasteiger partial charge in [-0.05, 0) is 45.7 Å². The van der Waals surface area contributed by atoms with Gasteiger partial charge in [0.2, 0.25) is 0 Å². The zero-order valence-electron chi connectivity index (χ0n) is 21.1. The number of hydrogen-bond donors (Lipinski definition) is 6. The van der Waals surface area contributed by atoms with E-state index in [1.54, 1.807) is 38.5 Å². The number of aliphatic hydroxyl groups is 4. The number of ether oxygens (including phenoxy) is 2. The topological polar surface area (TPSA) is 173 Å². The maximum Gasteiger partial charge on any atom is 2.00 e. The molecule has 0 aromatic heterocycles. The largest absolute Gasteiger partial charge is 2.00 e. The molecular weight excluding hydrogens is 596 g/mol. The summed E-state index contributed by atoms with van der Waals surface area (Å²) in [4.78, 5) is 8.37. The average molecular weight is 626 g/mol. The first-order valence-electron chi connectivity index (χ1n) is 11.2. The Kier molecular flexibility index (Phi) is 16.1. The first-order chi connectivity index (χ1) is 18.3. The fraction of sp³-hybridized carbons (Fsp3) is 0.333. The normalized spacial score (nSPS) is 14.8. The summed E-state index contributed by atoms with van der Waals surface area (Å²) in [7, 11) is 3.15. The van der Waals surface area contributed by atoms with E-state index >= 15 is 0 Å². The van der Waals surface area contributed by atoms with E-state index in [9.17, 15) is 15.3 Å². The third-order valence-corrected chi connectivity index (χ3v) is 5.41. The van der Waals surface area contributed by atoms with E-state index in [0.717, 1.165) is 23.1 Å². The number of amidine groups is 2. The van der Waals surface area contributed by atoms with Gasteiger partial charge in [0.05, 0.1) is 40.1 Å². The molecule has 15 heteroatoms. The average Bonchev–Trinajstić information content (AvgIpc) is 2.95. The van der Waals surface area contributed by atoms with Gasteiger partial charge >= 0.3 is 17.1 Å². The molecule has 0 heterocycles. The molecule has 3 atom stereocenters. The van der Waals surface area contributed by atoms with Gasteiger partial charge in [-0.2, -0.15) is 10.2 Å². The van der Waals surface area contributed by atoms with E-state index in [1.807, 2.05) is 24.3 Å². The predicted octanol–water partition coefficient (Wildman–Crippen LogP) is -0.197. The van der Waals surface area contributed by atoms with E-state index < -0.39 is 24.9 Å². The van der Waals surface area contributed by atoms with Gasteiger partial charge in [-0.25, -0.2) is 0 Å². The standard InChI is InChI=1S/C24H32N6O6S2.Cu/c1-35-17-7-3-15(4-8-17)11-25-23(37)29-27-13-19(21(33)22(34)20(32)14-31)28-30-24(38)26-12-16-5-9-18(36-2)10-6-16;/h3-10,13,20-22,31-34H,11-12,14H2,1-2H3,(H2,25,29,37)(H2,26,30,38);/q;+2/p-2/b27-13+,28-19-;.